The van der Waals surface area contributed by atoms with Crippen molar-refractivity contribution in [2.45, 2.75) is 0 Å². The summed E-state index contributed by atoms with van der Waals surface area (Å²) in [5, 5.41) is 1.16. The number of aldehydes is 1. The molecule has 1 aromatic carbocycles. The van der Waals surface area contributed by atoms with Crippen molar-refractivity contribution in [2.24, 2.45) is 0 Å². The van der Waals surface area contributed by atoms with E-state index >= 15 is 0 Å². The van der Waals surface area contributed by atoms with Crippen molar-refractivity contribution >= 4 is 30.0 Å². The van der Waals surface area contributed by atoms with E-state index in [0.29, 0.717) is 22.3 Å². The first kappa shape index (κ1) is 8.56. The Balaban J connectivity index is 2.92. The lowest BCUT2D eigenvalue weighted by Crippen LogP contribution is -2.35. The van der Waals surface area contributed by atoms with E-state index in [0.717, 1.165) is 0 Å². The van der Waals surface area contributed by atoms with Gasteiger partial charge in [-0.1, -0.05) is 18.2 Å². The Morgan fingerprint density at radius 2 is 1.71 bits per heavy atom. The van der Waals surface area contributed by atoms with Crippen LogP contribution in [-0.4, -0.2) is 17.9 Å². The maximum Gasteiger partial charge on any atom is 0.226 e. The Bertz CT molecular complexity index is 552. The van der Waals surface area contributed by atoms with E-state index in [9.17, 15) is 14.4 Å². The van der Waals surface area contributed by atoms with Gasteiger partial charge in [-0.2, -0.15) is 0 Å². The number of hydrogen-bond donors (Lipinski definition) is 0. The Hall–Kier alpha value is -2.03. The quantitative estimate of drug-likeness (QED) is 0.426. The lowest BCUT2D eigenvalue weighted by Gasteiger charge is -1.99. The molecule has 0 saturated carbocycles. The lowest BCUT2D eigenvalue weighted by molar-refractivity contribution is -0.129. The van der Waals surface area contributed by atoms with E-state index < -0.39 is 11.6 Å². The Labute approximate surface area is 79.4 Å². The van der Waals surface area contributed by atoms with Gasteiger partial charge >= 0.3 is 0 Å². The van der Waals surface area contributed by atoms with Gasteiger partial charge in [0.1, 0.15) is 0 Å². The van der Waals surface area contributed by atoms with E-state index in [4.69, 9.17) is 0 Å². The van der Waals surface area contributed by atoms with Crippen LogP contribution in [0.4, 0.5) is 0 Å². The topological polar surface area (TPSA) is 51.2 Å². The molecule has 0 amide bonds. The number of ketones is 2. The maximum atomic E-state index is 11.1. The predicted octanol–water partition coefficient (Wildman–Crippen LogP) is -0.788. The summed E-state index contributed by atoms with van der Waals surface area (Å²) in [6, 6.07) is 4.98. The molecule has 0 saturated heterocycles. The standard InChI is InChI=1S/C11H6O3/c12-6-8-3-1-2-7-4-10(13)11(14)5-9(7)8/h1-6H. The van der Waals surface area contributed by atoms with E-state index in [1.54, 1.807) is 18.2 Å². The molecule has 0 fully saturated rings. The summed E-state index contributed by atoms with van der Waals surface area (Å²) in [4.78, 5) is 32.7. The van der Waals surface area contributed by atoms with Crippen LogP contribution in [0.25, 0.3) is 12.2 Å². The fourth-order valence-corrected chi connectivity index (χ4v) is 1.41. The van der Waals surface area contributed by atoms with Crippen LogP contribution in [-0.2, 0) is 9.59 Å². The summed E-state index contributed by atoms with van der Waals surface area (Å²) in [7, 11) is 0. The molecule has 2 rings (SSSR count). The van der Waals surface area contributed by atoms with Crippen LogP contribution in [0.15, 0.2) is 18.2 Å². The molecule has 0 N–H and O–H groups in total. The summed E-state index contributed by atoms with van der Waals surface area (Å²) < 4.78 is 0. The van der Waals surface area contributed by atoms with Crippen molar-refractivity contribution in [2.75, 3.05) is 0 Å². The fourth-order valence-electron chi connectivity index (χ4n) is 1.41. The van der Waals surface area contributed by atoms with Crippen LogP contribution >= 0.6 is 0 Å². The minimum Gasteiger partial charge on any atom is -0.298 e. The minimum atomic E-state index is -0.577. The monoisotopic (exact) mass is 186 g/mol. The summed E-state index contributed by atoms with van der Waals surface area (Å²) in [6.07, 6.45) is 3.14. The van der Waals surface area contributed by atoms with Crippen LogP contribution < -0.4 is 10.4 Å². The smallest absolute Gasteiger partial charge is 0.226 e. The molecular weight excluding hydrogens is 180 g/mol. The summed E-state index contributed by atoms with van der Waals surface area (Å²) >= 11 is 0. The van der Waals surface area contributed by atoms with Crippen molar-refractivity contribution in [3.63, 3.8) is 0 Å². The second-order valence-electron chi connectivity index (χ2n) is 2.99. The van der Waals surface area contributed by atoms with Crippen molar-refractivity contribution in [1.82, 2.24) is 0 Å². The van der Waals surface area contributed by atoms with Gasteiger partial charge < -0.3 is 0 Å². The number of carbonyl (C=O) groups is 3. The Morgan fingerprint density at radius 3 is 2.43 bits per heavy atom. The molecule has 0 unspecified atom stereocenters. The molecular formula is C11H6O3. The average Bonchev–Trinajstić information content (AvgIpc) is 2.19. The lowest BCUT2D eigenvalue weighted by atomic mass is 10.0. The third-order valence-electron chi connectivity index (χ3n) is 2.11. The zero-order valence-corrected chi connectivity index (χ0v) is 7.19. The highest BCUT2D eigenvalue weighted by Crippen LogP contribution is 1.90. The van der Waals surface area contributed by atoms with Crippen molar-refractivity contribution in [1.29, 1.82) is 0 Å². The minimum absolute atomic E-state index is 0.430. The van der Waals surface area contributed by atoms with E-state index in [1.165, 1.54) is 12.2 Å². The number of fused-ring (bicyclic) bond motifs is 1. The molecule has 0 atom stereocenters. The molecule has 3 nitrogen and oxygen atoms in total. The zero-order valence-electron chi connectivity index (χ0n) is 7.19. The third kappa shape index (κ3) is 1.19. The zero-order chi connectivity index (χ0) is 10.1. The predicted molar refractivity (Wildman–Crippen MR) is 50.0 cm³/mol. The molecule has 1 aromatic rings. The van der Waals surface area contributed by atoms with Gasteiger partial charge in [-0.05, 0) is 22.6 Å². The molecule has 0 spiro atoms. The van der Waals surface area contributed by atoms with E-state index in [1.807, 2.05) is 0 Å². The number of carbonyl (C=O) groups excluding carboxylic acids is 3. The summed E-state index contributed by atoms with van der Waals surface area (Å²) in [5.41, 5.74) is 0.430. The van der Waals surface area contributed by atoms with Crippen molar-refractivity contribution in [3.05, 3.63) is 34.2 Å². The van der Waals surface area contributed by atoms with Crippen LogP contribution in [0, 0.1) is 0 Å². The highest BCUT2D eigenvalue weighted by Gasteiger charge is 2.12. The second-order valence-corrected chi connectivity index (χ2v) is 2.99. The van der Waals surface area contributed by atoms with Gasteiger partial charge in [0.15, 0.2) is 6.29 Å². The molecule has 1 aliphatic rings. The van der Waals surface area contributed by atoms with Gasteiger partial charge in [0.05, 0.1) is 0 Å². The Kier molecular flexibility index (Phi) is 1.85. The van der Waals surface area contributed by atoms with Crippen LogP contribution in [0.1, 0.15) is 10.4 Å². The Morgan fingerprint density at radius 1 is 1.00 bits per heavy atom. The molecule has 0 aromatic heterocycles. The molecule has 0 bridgehead atoms. The molecule has 0 aliphatic heterocycles. The number of Topliss-reactive ketones (excluding diaryl/α,β-unsaturated/α-hetero) is 2. The highest BCUT2D eigenvalue weighted by atomic mass is 16.2. The highest BCUT2D eigenvalue weighted by molar-refractivity contribution is 6.57. The van der Waals surface area contributed by atoms with Gasteiger partial charge in [0.25, 0.3) is 0 Å². The first-order valence-corrected chi connectivity index (χ1v) is 4.08. The molecule has 68 valence electrons. The van der Waals surface area contributed by atoms with Crippen LogP contribution in [0.5, 0.6) is 0 Å². The first-order valence-electron chi connectivity index (χ1n) is 4.08. The second kappa shape index (κ2) is 3.03. The summed E-state index contributed by atoms with van der Waals surface area (Å²) in [6.45, 7) is 0. The normalized spacial score (nSPS) is 14.0. The van der Waals surface area contributed by atoms with Gasteiger partial charge in [-0.25, -0.2) is 0 Å². The van der Waals surface area contributed by atoms with Crippen molar-refractivity contribution < 1.29 is 14.4 Å². The average molecular weight is 186 g/mol. The van der Waals surface area contributed by atoms with Crippen LogP contribution in [0.3, 0.4) is 0 Å². The summed E-state index contributed by atoms with van der Waals surface area (Å²) in [5.74, 6) is -1.12. The van der Waals surface area contributed by atoms with Gasteiger partial charge in [-0.15, -0.1) is 0 Å². The fraction of sp³-hybridized carbons (Fsp3) is 0. The van der Waals surface area contributed by atoms with E-state index in [-0.39, 0.29) is 0 Å². The first-order chi connectivity index (χ1) is 6.72. The molecule has 1 aliphatic carbocycles. The van der Waals surface area contributed by atoms with E-state index in [2.05, 4.69) is 0 Å². The number of rotatable bonds is 1. The molecule has 14 heavy (non-hydrogen) atoms. The van der Waals surface area contributed by atoms with Crippen molar-refractivity contribution in [3.8, 4) is 0 Å². The van der Waals surface area contributed by atoms with Gasteiger partial charge in [0.2, 0.25) is 11.6 Å². The molecule has 0 radical (unpaired) electrons. The largest absolute Gasteiger partial charge is 0.298 e. The maximum absolute atomic E-state index is 11.1. The van der Waals surface area contributed by atoms with Crippen LogP contribution in [0.2, 0.25) is 0 Å². The number of benzene rings is 1. The molecule has 0 heterocycles. The molecule has 3 heteroatoms. The number of hydrogen-bond acceptors (Lipinski definition) is 3. The van der Waals surface area contributed by atoms with Gasteiger partial charge in [-0.3, -0.25) is 14.4 Å². The van der Waals surface area contributed by atoms with Gasteiger partial charge in [0, 0.05) is 5.56 Å². The SMILES string of the molecule is O=Cc1cccc2c1=CC(=O)C(=O)C=2. The third-order valence-corrected chi connectivity index (χ3v) is 2.11.